The van der Waals surface area contributed by atoms with E-state index in [0.29, 0.717) is 0 Å². The van der Waals surface area contributed by atoms with Crippen molar-refractivity contribution in [3.63, 3.8) is 0 Å². The highest BCUT2D eigenvalue weighted by atomic mass is 16.4. The molecule has 0 aromatic carbocycles. The van der Waals surface area contributed by atoms with Crippen LogP contribution in [0.15, 0.2) is 24.5 Å². The van der Waals surface area contributed by atoms with Gasteiger partial charge in [0.1, 0.15) is 6.54 Å². The molecule has 0 aliphatic rings. The van der Waals surface area contributed by atoms with Crippen LogP contribution in [0.4, 0.5) is 0 Å². The van der Waals surface area contributed by atoms with Gasteiger partial charge in [-0.2, -0.15) is 0 Å². The quantitative estimate of drug-likeness (QED) is 0.575. The number of carboxylic acid groups (broad SMARTS) is 1. The molecule has 13 heavy (non-hydrogen) atoms. The molecule has 1 aromatic heterocycles. The van der Waals surface area contributed by atoms with Crippen molar-refractivity contribution in [3.05, 3.63) is 30.1 Å². The third-order valence-corrected chi connectivity index (χ3v) is 1.42. The number of hydrogen-bond acceptors (Lipinski definition) is 2. The van der Waals surface area contributed by atoms with E-state index in [1.807, 2.05) is 0 Å². The third-order valence-electron chi connectivity index (χ3n) is 1.42. The number of carboxylic acids is 1. The van der Waals surface area contributed by atoms with Crippen molar-refractivity contribution < 1.29 is 14.5 Å². The van der Waals surface area contributed by atoms with E-state index in [1.165, 1.54) is 5.56 Å². The highest BCUT2D eigenvalue weighted by molar-refractivity contribution is 5.60. The predicted molar refractivity (Wildman–Crippen MR) is 47.7 cm³/mol. The van der Waals surface area contributed by atoms with E-state index >= 15 is 0 Å². The summed E-state index contributed by atoms with van der Waals surface area (Å²) in [5, 5.41) is 8.89. The fourth-order valence-electron chi connectivity index (χ4n) is 0.743. The number of aryl methyl sites for hydroxylation is 2. The Labute approximate surface area is 78.6 Å². The van der Waals surface area contributed by atoms with Crippen molar-refractivity contribution in [2.45, 2.75) is 27.3 Å². The summed E-state index contributed by atoms with van der Waals surface area (Å²) in [6, 6.07) is 4.23. The lowest BCUT2D eigenvalue weighted by atomic mass is 10.3. The Morgan fingerprint density at radius 2 is 1.85 bits per heavy atom. The number of aliphatic carboxylic acids is 1. The van der Waals surface area contributed by atoms with Crippen molar-refractivity contribution in [1.29, 1.82) is 0 Å². The summed E-state index contributed by atoms with van der Waals surface area (Å²) in [6.45, 7) is 6.26. The second-order valence-corrected chi connectivity index (χ2v) is 2.70. The first-order valence-electron chi connectivity index (χ1n) is 4.19. The van der Waals surface area contributed by atoms with E-state index in [2.05, 4.69) is 42.9 Å². The molecule has 0 radical (unpaired) electrons. The van der Waals surface area contributed by atoms with Crippen LogP contribution in [0, 0.1) is 6.92 Å². The molecule has 3 nitrogen and oxygen atoms in total. The van der Waals surface area contributed by atoms with E-state index in [1.54, 1.807) is 0 Å². The lowest BCUT2D eigenvalue weighted by Crippen LogP contribution is -2.30. The van der Waals surface area contributed by atoms with E-state index in [0.717, 1.165) is 13.5 Å². The maximum absolute atomic E-state index is 8.89. The van der Waals surface area contributed by atoms with Crippen molar-refractivity contribution in [2.24, 2.45) is 0 Å². The van der Waals surface area contributed by atoms with Gasteiger partial charge in [0.2, 0.25) is 0 Å². The molecule has 0 amide bonds. The number of aromatic nitrogens is 1. The SMILES string of the molecule is CC(=O)[O-].CC[n+]1ccc(C)cc1. The van der Waals surface area contributed by atoms with Gasteiger partial charge in [0.15, 0.2) is 12.4 Å². The molecule has 1 aromatic rings. The number of rotatable bonds is 1. The summed E-state index contributed by atoms with van der Waals surface area (Å²) >= 11 is 0. The monoisotopic (exact) mass is 181 g/mol. The molecule has 0 spiro atoms. The predicted octanol–water partition coefficient (Wildman–Crippen LogP) is 0.0586. The van der Waals surface area contributed by atoms with Gasteiger partial charge in [-0.25, -0.2) is 4.57 Å². The molecule has 0 fully saturated rings. The summed E-state index contributed by atoms with van der Waals surface area (Å²) in [5.41, 5.74) is 1.32. The van der Waals surface area contributed by atoms with Gasteiger partial charge in [0.25, 0.3) is 0 Å². The normalized spacial score (nSPS) is 8.54. The largest absolute Gasteiger partial charge is 0.550 e. The molecule has 0 saturated carbocycles. The lowest BCUT2D eigenvalue weighted by molar-refractivity contribution is -0.693. The van der Waals surface area contributed by atoms with Gasteiger partial charge in [0, 0.05) is 18.1 Å². The molecule has 0 unspecified atom stereocenters. The summed E-state index contributed by atoms with van der Waals surface area (Å²) in [6.07, 6.45) is 4.19. The molecule has 0 saturated heterocycles. The fraction of sp³-hybridized carbons (Fsp3) is 0.400. The molecule has 0 N–H and O–H groups in total. The maximum atomic E-state index is 8.89. The molecule has 0 bridgehead atoms. The molecule has 0 aliphatic heterocycles. The second-order valence-electron chi connectivity index (χ2n) is 2.70. The molecule has 72 valence electrons. The Kier molecular flexibility index (Phi) is 5.52. The topological polar surface area (TPSA) is 44.0 Å². The molecular weight excluding hydrogens is 166 g/mol. The van der Waals surface area contributed by atoms with Crippen molar-refractivity contribution in [3.8, 4) is 0 Å². The van der Waals surface area contributed by atoms with E-state index in [4.69, 9.17) is 9.90 Å². The van der Waals surface area contributed by atoms with Crippen molar-refractivity contribution in [1.82, 2.24) is 0 Å². The zero-order chi connectivity index (χ0) is 10.3. The van der Waals surface area contributed by atoms with Crippen LogP contribution >= 0.6 is 0 Å². The summed E-state index contributed by atoms with van der Waals surface area (Å²) in [7, 11) is 0. The van der Waals surface area contributed by atoms with Crippen LogP contribution in [0.2, 0.25) is 0 Å². The summed E-state index contributed by atoms with van der Waals surface area (Å²) < 4.78 is 2.15. The van der Waals surface area contributed by atoms with E-state index in [9.17, 15) is 0 Å². The first kappa shape index (κ1) is 11.6. The number of hydrogen-bond donors (Lipinski definition) is 0. The Morgan fingerprint density at radius 3 is 2.15 bits per heavy atom. The number of carbonyl (C=O) groups excluding carboxylic acids is 1. The van der Waals surface area contributed by atoms with Gasteiger partial charge in [-0.15, -0.1) is 0 Å². The van der Waals surface area contributed by atoms with E-state index in [-0.39, 0.29) is 0 Å². The van der Waals surface area contributed by atoms with Gasteiger partial charge in [0.05, 0.1) is 0 Å². The fourth-order valence-corrected chi connectivity index (χ4v) is 0.743. The van der Waals surface area contributed by atoms with Gasteiger partial charge in [-0.3, -0.25) is 0 Å². The first-order valence-corrected chi connectivity index (χ1v) is 4.19. The van der Waals surface area contributed by atoms with Gasteiger partial charge in [-0.05, 0) is 26.3 Å². The first-order chi connectivity index (χ1) is 6.06. The van der Waals surface area contributed by atoms with Crippen molar-refractivity contribution >= 4 is 5.97 Å². The summed E-state index contributed by atoms with van der Waals surface area (Å²) in [5.74, 6) is -1.08. The van der Waals surface area contributed by atoms with Gasteiger partial charge >= 0.3 is 0 Å². The molecule has 0 aliphatic carbocycles. The maximum Gasteiger partial charge on any atom is 0.169 e. The van der Waals surface area contributed by atoms with Crippen LogP contribution in [0.3, 0.4) is 0 Å². The smallest absolute Gasteiger partial charge is 0.169 e. The standard InChI is InChI=1S/C8H12N.C2H4O2/c1-3-9-6-4-8(2)5-7-9;1-2(3)4/h4-7H,3H2,1-2H3;1H3,(H,3,4)/q+1;/p-1. The zero-order valence-corrected chi connectivity index (χ0v) is 8.28. The molecule has 0 atom stereocenters. The van der Waals surface area contributed by atoms with Crippen LogP contribution in [0.5, 0.6) is 0 Å². The minimum atomic E-state index is -1.08. The van der Waals surface area contributed by atoms with Gasteiger partial charge < -0.3 is 9.90 Å². The number of nitrogens with zero attached hydrogens (tertiary/aromatic N) is 1. The third kappa shape index (κ3) is 7.00. The molecule has 3 heteroatoms. The summed E-state index contributed by atoms with van der Waals surface area (Å²) in [4.78, 5) is 8.89. The van der Waals surface area contributed by atoms with Crippen LogP contribution in [0.1, 0.15) is 19.4 Å². The molecule has 1 heterocycles. The zero-order valence-electron chi connectivity index (χ0n) is 8.28. The average Bonchev–Trinajstić information content (AvgIpc) is 2.05. The number of pyridine rings is 1. The Morgan fingerprint density at radius 1 is 1.46 bits per heavy atom. The van der Waals surface area contributed by atoms with E-state index < -0.39 is 5.97 Å². The number of carbonyl (C=O) groups is 1. The molecule has 1 rings (SSSR count). The van der Waals surface area contributed by atoms with Crippen molar-refractivity contribution in [2.75, 3.05) is 0 Å². The highest BCUT2D eigenvalue weighted by Crippen LogP contribution is 1.88. The second kappa shape index (κ2) is 6.17. The Hall–Kier alpha value is -1.38. The molecular formula is C10H15NO2. The highest BCUT2D eigenvalue weighted by Gasteiger charge is 1.90. The van der Waals surface area contributed by atoms with Crippen LogP contribution in [0.25, 0.3) is 0 Å². The Balaban J connectivity index is 0.000000310. The minimum Gasteiger partial charge on any atom is -0.550 e. The van der Waals surface area contributed by atoms with Gasteiger partial charge in [-0.1, -0.05) is 0 Å². The minimum absolute atomic E-state index is 0.972. The Bertz CT molecular complexity index is 250. The van der Waals surface area contributed by atoms with Crippen LogP contribution in [-0.4, -0.2) is 5.97 Å². The van der Waals surface area contributed by atoms with Crippen LogP contribution < -0.4 is 9.67 Å². The lowest BCUT2D eigenvalue weighted by Gasteiger charge is -1.89. The van der Waals surface area contributed by atoms with Crippen LogP contribution in [-0.2, 0) is 11.3 Å². The average molecular weight is 181 g/mol.